The van der Waals surface area contributed by atoms with E-state index in [-0.39, 0.29) is 11.8 Å². The van der Waals surface area contributed by atoms with Crippen LogP contribution in [0.4, 0.5) is 11.4 Å². The smallest absolute Gasteiger partial charge is 0.263 e. The molecule has 0 fully saturated rings. The Bertz CT molecular complexity index is 1660. The fourth-order valence-corrected chi connectivity index (χ4v) is 6.63. The van der Waals surface area contributed by atoms with Crippen molar-refractivity contribution in [1.29, 1.82) is 0 Å². The fraction of sp³-hybridized carbons (Fsp3) is 0.281. The van der Waals surface area contributed by atoms with E-state index in [0.717, 1.165) is 30.4 Å². The average Bonchev–Trinajstić information content (AvgIpc) is 3.26. The number of allylic oxidation sites excluding steroid dienone is 1. The third kappa shape index (κ3) is 5.62. The molecule has 2 aromatic heterocycles. The van der Waals surface area contributed by atoms with Gasteiger partial charge in [0.15, 0.2) is 0 Å². The number of carbonyl (C=O) groups excluding carboxylic acids is 2. The highest BCUT2D eigenvalue weighted by atomic mass is 35.5. The van der Waals surface area contributed by atoms with Crippen LogP contribution in [0.15, 0.2) is 54.1 Å². The van der Waals surface area contributed by atoms with Crippen LogP contribution in [0.25, 0.3) is 21.3 Å². The number of nitrogens with zero attached hydrogens (tertiary/aromatic N) is 1. The van der Waals surface area contributed by atoms with E-state index in [4.69, 9.17) is 22.3 Å². The molecular weight excluding hydrogens is 540 g/mol. The van der Waals surface area contributed by atoms with Crippen molar-refractivity contribution in [3.63, 3.8) is 0 Å². The van der Waals surface area contributed by atoms with Gasteiger partial charge in [0.05, 0.1) is 16.9 Å². The van der Waals surface area contributed by atoms with Gasteiger partial charge in [-0.1, -0.05) is 59.1 Å². The Kier molecular flexibility index (Phi) is 8.24. The summed E-state index contributed by atoms with van der Waals surface area (Å²) < 4.78 is 0. The number of carbonyl (C=O) groups is 2. The number of aryl methyl sites for hydroxylation is 3. The van der Waals surface area contributed by atoms with E-state index in [1.54, 1.807) is 13.0 Å². The minimum absolute atomic E-state index is 0.235. The maximum Gasteiger partial charge on any atom is 0.263 e. The van der Waals surface area contributed by atoms with Gasteiger partial charge in [0.25, 0.3) is 11.8 Å². The van der Waals surface area contributed by atoms with Crippen LogP contribution < -0.4 is 16.4 Å². The number of aromatic nitrogens is 1. The number of hydrogen-bond acceptors (Lipinski definition) is 5. The van der Waals surface area contributed by atoms with Gasteiger partial charge in [0, 0.05) is 33.8 Å². The molecule has 0 spiro atoms. The van der Waals surface area contributed by atoms with E-state index in [1.807, 2.05) is 50.2 Å². The Morgan fingerprint density at radius 2 is 1.88 bits per heavy atom. The molecule has 6 nitrogen and oxygen atoms in total. The largest absolute Gasteiger partial charge is 0.397 e. The minimum atomic E-state index is -0.314. The molecule has 0 radical (unpaired) electrons. The van der Waals surface area contributed by atoms with Crippen LogP contribution in [0.1, 0.15) is 69.0 Å². The Balaban J connectivity index is 1.57. The monoisotopic (exact) mass is 572 g/mol. The van der Waals surface area contributed by atoms with Gasteiger partial charge >= 0.3 is 0 Å². The second-order valence-corrected chi connectivity index (χ2v) is 11.7. The standard InChI is InChI=1S/C32H33ClN4O2S/c1-18-13-14-24(19(2)17-18)37-30(38)25-20(3)36-32-27(26(25)22-11-7-8-12-23(22)33)28(34)29(40-32)31(39)35-16-15-21-9-5-4-6-10-21/h7-9,11-14,17H,4-6,10,15-16,34H2,1-3H3,(H,35,39)(H,37,38). The molecule has 0 atom stereocenters. The van der Waals surface area contributed by atoms with Crippen LogP contribution in [-0.4, -0.2) is 23.3 Å². The van der Waals surface area contributed by atoms with Crippen molar-refractivity contribution in [3.8, 4) is 11.1 Å². The zero-order valence-corrected chi connectivity index (χ0v) is 24.6. The molecule has 0 saturated heterocycles. The summed E-state index contributed by atoms with van der Waals surface area (Å²) in [5, 5.41) is 7.13. The number of halogens is 1. The molecule has 2 heterocycles. The molecular formula is C32H33ClN4O2S. The number of nitrogen functional groups attached to an aromatic ring is 1. The normalized spacial score (nSPS) is 13.2. The van der Waals surface area contributed by atoms with E-state index in [9.17, 15) is 9.59 Å². The van der Waals surface area contributed by atoms with E-state index in [2.05, 4.69) is 16.7 Å². The molecule has 5 rings (SSSR count). The van der Waals surface area contributed by atoms with Gasteiger partial charge in [-0.15, -0.1) is 11.3 Å². The predicted molar refractivity (Wildman–Crippen MR) is 167 cm³/mol. The van der Waals surface area contributed by atoms with Crippen LogP contribution in [0, 0.1) is 20.8 Å². The van der Waals surface area contributed by atoms with Crippen LogP contribution in [0.3, 0.4) is 0 Å². The van der Waals surface area contributed by atoms with Crippen molar-refractivity contribution in [1.82, 2.24) is 10.3 Å². The molecule has 8 heteroatoms. The topological polar surface area (TPSA) is 97.1 Å². The lowest BCUT2D eigenvalue weighted by molar-refractivity contribution is 0.0958. The summed E-state index contributed by atoms with van der Waals surface area (Å²) in [6.07, 6.45) is 7.77. The molecule has 0 aliphatic heterocycles. The first-order valence-electron chi connectivity index (χ1n) is 13.6. The van der Waals surface area contributed by atoms with Crippen molar-refractivity contribution in [2.45, 2.75) is 52.9 Å². The number of benzene rings is 2. The maximum atomic E-state index is 13.8. The molecule has 206 valence electrons. The summed E-state index contributed by atoms with van der Waals surface area (Å²) >= 11 is 7.92. The van der Waals surface area contributed by atoms with Gasteiger partial charge in [0.1, 0.15) is 9.71 Å². The van der Waals surface area contributed by atoms with E-state index in [0.29, 0.717) is 60.4 Å². The summed E-state index contributed by atoms with van der Waals surface area (Å²) in [4.78, 5) is 32.9. The van der Waals surface area contributed by atoms with Crippen molar-refractivity contribution < 1.29 is 9.59 Å². The Morgan fingerprint density at radius 1 is 1.07 bits per heavy atom. The van der Waals surface area contributed by atoms with Crippen LogP contribution in [0.2, 0.25) is 5.02 Å². The van der Waals surface area contributed by atoms with Gasteiger partial charge in [-0.25, -0.2) is 4.98 Å². The molecule has 4 N–H and O–H groups in total. The maximum absolute atomic E-state index is 13.8. The van der Waals surface area contributed by atoms with Crippen LogP contribution in [-0.2, 0) is 0 Å². The average molecular weight is 573 g/mol. The second kappa shape index (κ2) is 11.8. The lowest BCUT2D eigenvalue weighted by Crippen LogP contribution is -2.24. The predicted octanol–water partition coefficient (Wildman–Crippen LogP) is 8.00. The second-order valence-electron chi connectivity index (χ2n) is 10.3. The first-order chi connectivity index (χ1) is 19.2. The van der Waals surface area contributed by atoms with Gasteiger partial charge in [0.2, 0.25) is 0 Å². The number of nitrogens with two attached hydrogens (primary N) is 1. The van der Waals surface area contributed by atoms with Crippen molar-refractivity contribution in [3.05, 3.63) is 86.4 Å². The fourth-order valence-electron chi connectivity index (χ4n) is 5.33. The van der Waals surface area contributed by atoms with Crippen LogP contribution >= 0.6 is 22.9 Å². The highest BCUT2D eigenvalue weighted by Gasteiger charge is 2.27. The Hall–Kier alpha value is -3.68. The summed E-state index contributed by atoms with van der Waals surface area (Å²) in [6.45, 7) is 6.31. The van der Waals surface area contributed by atoms with Crippen LogP contribution in [0.5, 0.6) is 0 Å². The van der Waals surface area contributed by atoms with Gasteiger partial charge in [-0.2, -0.15) is 0 Å². The number of rotatable bonds is 7. The van der Waals surface area contributed by atoms with Crippen molar-refractivity contribution in [2.24, 2.45) is 0 Å². The molecule has 2 aromatic carbocycles. The molecule has 0 bridgehead atoms. The summed E-state index contributed by atoms with van der Waals surface area (Å²) in [5.74, 6) is -0.549. The van der Waals surface area contributed by atoms with E-state index >= 15 is 0 Å². The Morgan fingerprint density at radius 3 is 2.60 bits per heavy atom. The summed E-state index contributed by atoms with van der Waals surface area (Å²) in [6, 6.07) is 13.2. The van der Waals surface area contributed by atoms with E-state index in [1.165, 1.54) is 29.8 Å². The summed E-state index contributed by atoms with van der Waals surface area (Å²) in [7, 11) is 0. The molecule has 40 heavy (non-hydrogen) atoms. The lowest BCUT2D eigenvalue weighted by atomic mass is 9.94. The third-order valence-corrected chi connectivity index (χ3v) is 8.81. The number of anilines is 2. The number of nitrogens with one attached hydrogen (secondary N) is 2. The van der Waals surface area contributed by atoms with Gasteiger partial charge in [-0.05, 0) is 70.6 Å². The molecule has 1 aliphatic carbocycles. The number of thiophene rings is 1. The number of amides is 2. The molecule has 1 aliphatic rings. The number of hydrogen-bond donors (Lipinski definition) is 3. The van der Waals surface area contributed by atoms with Gasteiger partial charge < -0.3 is 16.4 Å². The number of pyridine rings is 1. The first-order valence-corrected chi connectivity index (χ1v) is 14.8. The highest BCUT2D eigenvalue weighted by Crippen LogP contribution is 2.44. The van der Waals surface area contributed by atoms with Crippen molar-refractivity contribution >= 4 is 56.3 Å². The Labute approximate surface area is 243 Å². The third-order valence-electron chi connectivity index (χ3n) is 7.38. The number of fused-ring (bicyclic) bond motifs is 1. The lowest BCUT2D eigenvalue weighted by Gasteiger charge is -2.17. The van der Waals surface area contributed by atoms with Crippen molar-refractivity contribution in [2.75, 3.05) is 17.6 Å². The minimum Gasteiger partial charge on any atom is -0.397 e. The summed E-state index contributed by atoms with van der Waals surface area (Å²) in [5.41, 5.74) is 13.3. The zero-order chi connectivity index (χ0) is 28.4. The molecule has 2 amide bonds. The quantitative estimate of drug-likeness (QED) is 0.195. The van der Waals surface area contributed by atoms with Gasteiger partial charge in [-0.3, -0.25) is 9.59 Å². The first kappa shape index (κ1) is 27.9. The zero-order valence-electron chi connectivity index (χ0n) is 23.0. The van der Waals surface area contributed by atoms with E-state index < -0.39 is 0 Å². The highest BCUT2D eigenvalue weighted by molar-refractivity contribution is 7.21. The molecule has 4 aromatic rings. The SMILES string of the molecule is Cc1ccc(NC(=O)c2c(C)nc3sc(C(=O)NCCC4=CCCCC4)c(N)c3c2-c2ccccc2Cl)c(C)c1. The molecule has 0 saturated carbocycles. The molecule has 0 unspecified atom stereocenters.